The molecule has 0 fully saturated rings. The number of nitrogens with one attached hydrogen (secondary N) is 1. The maximum Gasteiger partial charge on any atom is 0.251 e. The number of pyridine rings is 2. The fourth-order valence-electron chi connectivity index (χ4n) is 2.94. The highest BCUT2D eigenvalue weighted by atomic mass is 16.5. The quantitative estimate of drug-likeness (QED) is 0.492. The third kappa shape index (κ3) is 6.60. The van der Waals surface area contributed by atoms with Gasteiger partial charge in [0.2, 0.25) is 0 Å². The van der Waals surface area contributed by atoms with Crippen LogP contribution in [0.4, 0.5) is 0 Å². The van der Waals surface area contributed by atoms with E-state index in [2.05, 4.69) is 20.3 Å². The molecule has 1 N–H and O–H groups in total. The Hall–Kier alpha value is -3.80. The second-order valence-electron chi connectivity index (χ2n) is 6.58. The van der Waals surface area contributed by atoms with E-state index in [1.807, 2.05) is 64.1 Å². The predicted octanol–water partition coefficient (Wildman–Crippen LogP) is 5.64. The highest BCUT2D eigenvalue weighted by molar-refractivity contribution is 6.08. The minimum absolute atomic E-state index is 0.160. The van der Waals surface area contributed by atoms with E-state index in [0.29, 0.717) is 23.6 Å². The Bertz CT molecular complexity index is 1080. The van der Waals surface area contributed by atoms with Crippen molar-refractivity contribution in [1.82, 2.24) is 15.3 Å². The monoisotopic (exact) mass is 430 g/mol. The summed E-state index contributed by atoms with van der Waals surface area (Å²) < 4.78 is 6.07. The molecule has 3 aromatic rings. The summed E-state index contributed by atoms with van der Waals surface area (Å²) in [7, 11) is 1.72. The SMILES string of the molecule is C/C=C(\C=NC)c1cc(Oc2cccc(C(=O)NCc3cccnc3)c2C)ccn1.CC. The van der Waals surface area contributed by atoms with Gasteiger partial charge < -0.3 is 10.1 Å². The van der Waals surface area contributed by atoms with E-state index in [-0.39, 0.29) is 5.91 Å². The molecule has 6 heteroatoms. The topological polar surface area (TPSA) is 76.5 Å². The molecule has 32 heavy (non-hydrogen) atoms. The number of benzene rings is 1. The minimum atomic E-state index is -0.160. The van der Waals surface area contributed by atoms with Crippen LogP contribution < -0.4 is 10.1 Å². The van der Waals surface area contributed by atoms with Gasteiger partial charge >= 0.3 is 0 Å². The summed E-state index contributed by atoms with van der Waals surface area (Å²) in [6, 6.07) is 12.8. The smallest absolute Gasteiger partial charge is 0.251 e. The van der Waals surface area contributed by atoms with Crippen LogP contribution >= 0.6 is 0 Å². The third-order valence-corrected chi connectivity index (χ3v) is 4.54. The maximum atomic E-state index is 12.7. The summed E-state index contributed by atoms with van der Waals surface area (Å²) in [6.45, 7) is 8.22. The lowest BCUT2D eigenvalue weighted by Crippen LogP contribution is -2.23. The van der Waals surface area contributed by atoms with Gasteiger partial charge in [-0.3, -0.25) is 19.8 Å². The molecule has 6 nitrogen and oxygen atoms in total. The number of nitrogens with zero attached hydrogens (tertiary/aromatic N) is 3. The largest absolute Gasteiger partial charge is 0.457 e. The van der Waals surface area contributed by atoms with Gasteiger partial charge in [-0.2, -0.15) is 0 Å². The summed E-state index contributed by atoms with van der Waals surface area (Å²) in [6.07, 6.45) is 8.82. The van der Waals surface area contributed by atoms with Crippen LogP contribution in [0.5, 0.6) is 11.5 Å². The molecule has 0 aliphatic carbocycles. The van der Waals surface area contributed by atoms with Gasteiger partial charge in [0.1, 0.15) is 11.5 Å². The lowest BCUT2D eigenvalue weighted by Gasteiger charge is -2.13. The Morgan fingerprint density at radius 1 is 1.16 bits per heavy atom. The number of ether oxygens (including phenoxy) is 1. The lowest BCUT2D eigenvalue weighted by atomic mass is 10.1. The number of hydrogen-bond donors (Lipinski definition) is 1. The number of carbonyl (C=O) groups is 1. The first kappa shape index (κ1) is 24.5. The molecule has 0 aliphatic rings. The van der Waals surface area contributed by atoms with Gasteiger partial charge in [0.05, 0.1) is 5.69 Å². The number of rotatable bonds is 7. The van der Waals surface area contributed by atoms with Crippen LogP contribution in [0.1, 0.15) is 48.0 Å². The van der Waals surface area contributed by atoms with Crippen molar-refractivity contribution < 1.29 is 9.53 Å². The zero-order valence-corrected chi connectivity index (χ0v) is 19.3. The van der Waals surface area contributed by atoms with Crippen molar-refractivity contribution in [2.24, 2.45) is 4.99 Å². The Labute approximate surface area is 190 Å². The van der Waals surface area contributed by atoms with E-state index in [1.54, 1.807) is 44.0 Å². The van der Waals surface area contributed by atoms with E-state index in [0.717, 1.165) is 22.4 Å². The molecule has 0 radical (unpaired) electrons. The molecular weight excluding hydrogens is 400 g/mol. The highest BCUT2D eigenvalue weighted by Gasteiger charge is 2.13. The molecule has 0 aliphatic heterocycles. The summed E-state index contributed by atoms with van der Waals surface area (Å²) in [5.74, 6) is 1.10. The molecule has 0 unspecified atom stereocenters. The normalized spacial score (nSPS) is 11.0. The Morgan fingerprint density at radius 2 is 1.97 bits per heavy atom. The molecule has 0 spiro atoms. The molecule has 0 bridgehead atoms. The van der Waals surface area contributed by atoms with Gasteiger partial charge in [-0.15, -0.1) is 0 Å². The van der Waals surface area contributed by atoms with Crippen molar-refractivity contribution in [2.45, 2.75) is 34.2 Å². The van der Waals surface area contributed by atoms with Crippen molar-refractivity contribution in [2.75, 3.05) is 7.05 Å². The number of allylic oxidation sites excluding steroid dienone is 2. The molecule has 2 heterocycles. The van der Waals surface area contributed by atoms with Gasteiger partial charge in [-0.25, -0.2) is 0 Å². The van der Waals surface area contributed by atoms with Crippen LogP contribution in [0.25, 0.3) is 5.57 Å². The second-order valence-corrected chi connectivity index (χ2v) is 6.58. The van der Waals surface area contributed by atoms with Crippen molar-refractivity contribution in [3.8, 4) is 11.5 Å². The van der Waals surface area contributed by atoms with Crippen LogP contribution in [-0.4, -0.2) is 29.1 Å². The average molecular weight is 431 g/mol. The zero-order valence-electron chi connectivity index (χ0n) is 19.3. The van der Waals surface area contributed by atoms with Crippen LogP contribution in [-0.2, 0) is 6.54 Å². The molecule has 0 atom stereocenters. The van der Waals surface area contributed by atoms with Crippen LogP contribution in [0, 0.1) is 6.92 Å². The number of amides is 1. The van der Waals surface area contributed by atoms with Crippen molar-refractivity contribution >= 4 is 17.7 Å². The molecule has 1 aromatic carbocycles. The maximum absolute atomic E-state index is 12.7. The Balaban J connectivity index is 0.00000176. The second kappa shape index (κ2) is 12.8. The fourth-order valence-corrected chi connectivity index (χ4v) is 2.94. The van der Waals surface area contributed by atoms with E-state index in [1.165, 1.54) is 0 Å². The van der Waals surface area contributed by atoms with Crippen molar-refractivity contribution in [3.63, 3.8) is 0 Å². The van der Waals surface area contributed by atoms with Gasteiger partial charge in [0, 0.05) is 61.2 Å². The molecule has 2 aromatic heterocycles. The summed E-state index contributed by atoms with van der Waals surface area (Å²) in [5.41, 5.74) is 3.95. The molecule has 0 saturated heterocycles. The zero-order chi connectivity index (χ0) is 23.3. The van der Waals surface area contributed by atoms with E-state index < -0.39 is 0 Å². The molecule has 0 saturated carbocycles. The molecule has 1 amide bonds. The first-order chi connectivity index (χ1) is 15.6. The predicted molar refractivity (Wildman–Crippen MR) is 130 cm³/mol. The van der Waals surface area contributed by atoms with Gasteiger partial charge in [0.15, 0.2) is 0 Å². The van der Waals surface area contributed by atoms with Crippen LogP contribution in [0.3, 0.4) is 0 Å². The van der Waals surface area contributed by atoms with Gasteiger partial charge in [-0.05, 0) is 43.7 Å². The summed E-state index contributed by atoms with van der Waals surface area (Å²) >= 11 is 0. The van der Waals surface area contributed by atoms with E-state index in [4.69, 9.17) is 4.74 Å². The van der Waals surface area contributed by atoms with Crippen LogP contribution in [0.2, 0.25) is 0 Å². The average Bonchev–Trinajstić information content (AvgIpc) is 2.84. The number of carbonyl (C=O) groups excluding carboxylic acids is 1. The van der Waals surface area contributed by atoms with Crippen molar-refractivity contribution in [3.05, 3.63) is 89.5 Å². The first-order valence-electron chi connectivity index (χ1n) is 10.6. The summed E-state index contributed by atoms with van der Waals surface area (Å²) in [5, 5.41) is 2.93. The minimum Gasteiger partial charge on any atom is -0.457 e. The molecular formula is C26H30N4O2. The number of hydrogen-bond acceptors (Lipinski definition) is 5. The van der Waals surface area contributed by atoms with Gasteiger partial charge in [-0.1, -0.05) is 32.1 Å². The van der Waals surface area contributed by atoms with E-state index in [9.17, 15) is 4.79 Å². The van der Waals surface area contributed by atoms with Crippen LogP contribution in [0.15, 0.2) is 72.1 Å². The fraction of sp³-hybridized carbons (Fsp3) is 0.231. The first-order valence-corrected chi connectivity index (χ1v) is 10.6. The van der Waals surface area contributed by atoms with Crippen molar-refractivity contribution in [1.29, 1.82) is 0 Å². The standard InChI is InChI=1S/C24H24N4O2.C2H6/c1-4-19(16-25-3)22-13-20(10-12-27-22)30-23-9-5-8-21(17(23)2)24(29)28-15-18-7-6-11-26-14-18;1-2/h4-14,16H,15H2,1-3H3,(H,28,29);1-2H3/b19-4+,25-16?;. The number of aliphatic imine (C=N–C) groups is 1. The number of aromatic nitrogens is 2. The van der Waals surface area contributed by atoms with Gasteiger partial charge in [0.25, 0.3) is 5.91 Å². The lowest BCUT2D eigenvalue weighted by molar-refractivity contribution is 0.0950. The third-order valence-electron chi connectivity index (χ3n) is 4.54. The highest BCUT2D eigenvalue weighted by Crippen LogP contribution is 2.28. The summed E-state index contributed by atoms with van der Waals surface area (Å²) in [4.78, 5) is 25.2. The Morgan fingerprint density at radius 3 is 2.66 bits per heavy atom. The Kier molecular flexibility index (Phi) is 9.78. The molecule has 166 valence electrons. The molecule has 3 rings (SSSR count). The van der Waals surface area contributed by atoms with E-state index >= 15 is 0 Å².